The molecule has 0 atom stereocenters. The lowest BCUT2D eigenvalue weighted by Gasteiger charge is -2.11. The number of halogens is 4. The van der Waals surface area contributed by atoms with Crippen molar-refractivity contribution in [3.05, 3.63) is 63.6 Å². The van der Waals surface area contributed by atoms with Gasteiger partial charge in [-0.15, -0.1) is 11.8 Å². The van der Waals surface area contributed by atoms with E-state index in [4.69, 9.17) is 5.11 Å². The summed E-state index contributed by atoms with van der Waals surface area (Å²) in [7, 11) is 0. The Hall–Kier alpha value is -1.47. The first-order chi connectivity index (χ1) is 10.3. The van der Waals surface area contributed by atoms with Gasteiger partial charge in [0.15, 0.2) is 0 Å². The summed E-state index contributed by atoms with van der Waals surface area (Å²) in [6.07, 6.45) is -4.56. The maximum Gasteiger partial charge on any atom is 0.416 e. The van der Waals surface area contributed by atoms with Gasteiger partial charge in [-0.2, -0.15) is 13.2 Å². The molecule has 0 saturated heterocycles. The molecule has 0 aliphatic heterocycles. The molecule has 2 nitrogen and oxygen atoms in total. The van der Waals surface area contributed by atoms with Crippen LogP contribution in [0.25, 0.3) is 0 Å². The molecular weight excluding hydrogens is 381 g/mol. The monoisotopic (exact) mass is 390 g/mol. The Balaban J connectivity index is 2.23. The SMILES string of the molecule is O=C(O)c1cc(C(F)(F)F)ccc1SCc1ccc(Br)cc1. The molecule has 0 radical (unpaired) electrons. The van der Waals surface area contributed by atoms with Gasteiger partial charge in [-0.05, 0) is 35.9 Å². The zero-order chi connectivity index (χ0) is 16.3. The van der Waals surface area contributed by atoms with E-state index >= 15 is 0 Å². The van der Waals surface area contributed by atoms with Crippen LogP contribution in [0.1, 0.15) is 21.5 Å². The second kappa shape index (κ2) is 6.75. The minimum Gasteiger partial charge on any atom is -0.478 e. The third-order valence-electron chi connectivity index (χ3n) is 2.84. The van der Waals surface area contributed by atoms with E-state index in [0.717, 1.165) is 16.1 Å². The van der Waals surface area contributed by atoms with Gasteiger partial charge in [-0.25, -0.2) is 4.79 Å². The van der Waals surface area contributed by atoms with Gasteiger partial charge >= 0.3 is 12.1 Å². The van der Waals surface area contributed by atoms with Crippen LogP contribution >= 0.6 is 27.7 Å². The molecule has 1 N–H and O–H groups in total. The average Bonchev–Trinajstić information content (AvgIpc) is 2.45. The van der Waals surface area contributed by atoms with Crippen molar-refractivity contribution in [2.24, 2.45) is 0 Å². The van der Waals surface area contributed by atoms with E-state index in [1.807, 2.05) is 24.3 Å². The predicted octanol–water partition coefficient (Wildman–Crippen LogP) is 5.46. The summed E-state index contributed by atoms with van der Waals surface area (Å²) in [5.74, 6) is -0.900. The number of aromatic carboxylic acids is 1. The first-order valence-electron chi connectivity index (χ1n) is 6.09. The highest BCUT2D eigenvalue weighted by atomic mass is 79.9. The molecule has 2 aromatic carbocycles. The highest BCUT2D eigenvalue weighted by Crippen LogP contribution is 2.34. The molecule has 0 aliphatic carbocycles. The lowest BCUT2D eigenvalue weighted by molar-refractivity contribution is -0.137. The zero-order valence-corrected chi connectivity index (χ0v) is 13.4. The fraction of sp³-hybridized carbons (Fsp3) is 0.133. The maximum absolute atomic E-state index is 12.6. The Bertz CT molecular complexity index is 684. The van der Waals surface area contributed by atoms with Crippen LogP contribution in [0.4, 0.5) is 13.2 Å². The Morgan fingerprint density at radius 1 is 1.14 bits per heavy atom. The van der Waals surface area contributed by atoms with Crippen LogP contribution in [0.3, 0.4) is 0 Å². The first-order valence-corrected chi connectivity index (χ1v) is 7.87. The molecule has 0 bridgehead atoms. The van der Waals surface area contributed by atoms with Crippen LogP contribution in [0.5, 0.6) is 0 Å². The van der Waals surface area contributed by atoms with Crippen molar-refractivity contribution in [2.45, 2.75) is 16.8 Å². The lowest BCUT2D eigenvalue weighted by atomic mass is 10.1. The molecule has 7 heteroatoms. The van der Waals surface area contributed by atoms with Gasteiger partial charge < -0.3 is 5.11 Å². The minimum absolute atomic E-state index is 0.309. The number of carboxylic acid groups (broad SMARTS) is 1. The Morgan fingerprint density at radius 2 is 1.77 bits per heavy atom. The molecule has 116 valence electrons. The molecule has 0 spiro atoms. The predicted molar refractivity (Wildman–Crippen MR) is 82.1 cm³/mol. The maximum atomic E-state index is 12.6. The topological polar surface area (TPSA) is 37.3 Å². The van der Waals surface area contributed by atoms with E-state index in [1.165, 1.54) is 17.8 Å². The number of hydrogen-bond donors (Lipinski definition) is 1. The van der Waals surface area contributed by atoms with Crippen molar-refractivity contribution in [2.75, 3.05) is 0 Å². The third kappa shape index (κ3) is 4.27. The smallest absolute Gasteiger partial charge is 0.416 e. The molecule has 0 unspecified atom stereocenters. The van der Waals surface area contributed by atoms with E-state index in [2.05, 4.69) is 15.9 Å². The fourth-order valence-electron chi connectivity index (χ4n) is 1.74. The molecule has 0 amide bonds. The van der Waals surface area contributed by atoms with Crippen molar-refractivity contribution >= 4 is 33.7 Å². The first kappa shape index (κ1) is 16.9. The van der Waals surface area contributed by atoms with Gasteiger partial charge in [0.2, 0.25) is 0 Å². The van der Waals surface area contributed by atoms with Gasteiger partial charge in [-0.1, -0.05) is 28.1 Å². The molecule has 2 rings (SSSR count). The molecule has 22 heavy (non-hydrogen) atoms. The molecule has 0 heterocycles. The summed E-state index contributed by atoms with van der Waals surface area (Å²) in [6, 6.07) is 10.2. The number of carboxylic acids is 1. The van der Waals surface area contributed by atoms with Crippen LogP contribution in [-0.2, 0) is 11.9 Å². The third-order valence-corrected chi connectivity index (χ3v) is 4.52. The van der Waals surface area contributed by atoms with E-state index in [0.29, 0.717) is 16.7 Å². The van der Waals surface area contributed by atoms with E-state index < -0.39 is 17.7 Å². The van der Waals surface area contributed by atoms with E-state index in [9.17, 15) is 18.0 Å². The summed E-state index contributed by atoms with van der Waals surface area (Å²) in [4.78, 5) is 11.5. The molecule has 2 aromatic rings. The molecule has 0 fully saturated rings. The van der Waals surface area contributed by atoms with Crippen molar-refractivity contribution in [3.8, 4) is 0 Å². The van der Waals surface area contributed by atoms with Crippen LogP contribution < -0.4 is 0 Å². The summed E-state index contributed by atoms with van der Waals surface area (Å²) < 4.78 is 38.9. The summed E-state index contributed by atoms with van der Waals surface area (Å²) in [5, 5.41) is 9.10. The standard InChI is InChI=1S/C15H10BrF3O2S/c16-11-4-1-9(2-5-11)8-22-13-6-3-10(15(17,18)19)7-12(13)14(20)21/h1-7H,8H2,(H,20,21). The van der Waals surface area contributed by atoms with E-state index in [-0.39, 0.29) is 5.56 Å². The van der Waals surface area contributed by atoms with Gasteiger partial charge in [-0.3, -0.25) is 0 Å². The van der Waals surface area contributed by atoms with Crippen LogP contribution in [0.15, 0.2) is 51.8 Å². The number of hydrogen-bond acceptors (Lipinski definition) is 2. The van der Waals surface area contributed by atoms with Gasteiger partial charge in [0.1, 0.15) is 0 Å². The lowest BCUT2D eigenvalue weighted by Crippen LogP contribution is -2.08. The number of thioether (sulfide) groups is 1. The average molecular weight is 391 g/mol. The molecule has 0 aliphatic rings. The minimum atomic E-state index is -4.56. The highest BCUT2D eigenvalue weighted by molar-refractivity contribution is 9.10. The van der Waals surface area contributed by atoms with Crippen molar-refractivity contribution in [1.82, 2.24) is 0 Å². The second-order valence-corrected chi connectivity index (χ2v) is 6.36. The number of carbonyl (C=O) groups is 1. The van der Waals surface area contributed by atoms with Crippen molar-refractivity contribution in [3.63, 3.8) is 0 Å². The highest BCUT2D eigenvalue weighted by Gasteiger charge is 2.31. The van der Waals surface area contributed by atoms with Gasteiger partial charge in [0, 0.05) is 15.1 Å². The number of benzene rings is 2. The van der Waals surface area contributed by atoms with Crippen LogP contribution in [0.2, 0.25) is 0 Å². The number of rotatable bonds is 4. The second-order valence-electron chi connectivity index (χ2n) is 4.43. The normalized spacial score (nSPS) is 11.5. The van der Waals surface area contributed by atoms with Crippen molar-refractivity contribution < 1.29 is 23.1 Å². The molecule has 0 aromatic heterocycles. The van der Waals surface area contributed by atoms with Gasteiger partial charge in [0.25, 0.3) is 0 Å². The Morgan fingerprint density at radius 3 is 2.32 bits per heavy atom. The summed E-state index contributed by atoms with van der Waals surface area (Å²) >= 11 is 4.50. The van der Waals surface area contributed by atoms with Crippen molar-refractivity contribution in [1.29, 1.82) is 0 Å². The van der Waals surface area contributed by atoms with Crippen LogP contribution in [0, 0.1) is 0 Å². The Kier molecular flexibility index (Phi) is 5.18. The fourth-order valence-corrected chi connectivity index (χ4v) is 2.99. The number of alkyl halides is 3. The Labute approximate surface area is 137 Å². The zero-order valence-electron chi connectivity index (χ0n) is 11.0. The summed E-state index contributed by atoms with van der Waals surface area (Å²) in [5.41, 5.74) is -0.348. The molecular formula is C15H10BrF3O2S. The van der Waals surface area contributed by atoms with Crippen LogP contribution in [-0.4, -0.2) is 11.1 Å². The largest absolute Gasteiger partial charge is 0.478 e. The summed E-state index contributed by atoms with van der Waals surface area (Å²) in [6.45, 7) is 0. The van der Waals surface area contributed by atoms with E-state index in [1.54, 1.807) is 0 Å². The van der Waals surface area contributed by atoms with Gasteiger partial charge in [0.05, 0.1) is 11.1 Å². The molecule has 0 saturated carbocycles. The quantitative estimate of drug-likeness (QED) is 0.704.